The molecule has 1 heterocycles. The molecule has 0 saturated heterocycles. The van der Waals surface area contributed by atoms with Crippen molar-refractivity contribution in [3.05, 3.63) is 54.1 Å². The van der Waals surface area contributed by atoms with Crippen LogP contribution in [-0.2, 0) is 6.61 Å². The van der Waals surface area contributed by atoms with Gasteiger partial charge in [-0.2, -0.15) is 0 Å². The summed E-state index contributed by atoms with van der Waals surface area (Å²) < 4.78 is 18.3. The number of hydrogen-bond donors (Lipinski definition) is 1. The van der Waals surface area contributed by atoms with Gasteiger partial charge in [-0.05, 0) is 18.2 Å². The van der Waals surface area contributed by atoms with Gasteiger partial charge in [-0.25, -0.2) is 4.39 Å². The summed E-state index contributed by atoms with van der Waals surface area (Å²) in [6, 6.07) is 7.74. The minimum Gasteiger partial charge on any atom is -0.487 e. The molecule has 1 aromatic heterocycles. The molecule has 0 spiro atoms. The van der Waals surface area contributed by atoms with E-state index in [9.17, 15) is 4.39 Å². The number of ether oxygens (including phenoxy) is 1. The van der Waals surface area contributed by atoms with Crippen molar-refractivity contribution in [2.24, 2.45) is 0 Å². The van der Waals surface area contributed by atoms with Crippen molar-refractivity contribution >= 4 is 5.69 Å². The standard InChI is InChI=1S/C12H11FN2O/c13-10-3-4-11(14)12(6-10)16-8-9-2-1-5-15-7-9/h1-7H,8,14H2. The zero-order valence-corrected chi connectivity index (χ0v) is 8.56. The third-order valence-corrected chi connectivity index (χ3v) is 2.09. The van der Waals surface area contributed by atoms with Gasteiger partial charge in [0.2, 0.25) is 0 Å². The lowest BCUT2D eigenvalue weighted by Crippen LogP contribution is -1.99. The smallest absolute Gasteiger partial charge is 0.145 e. The van der Waals surface area contributed by atoms with Gasteiger partial charge in [0, 0.05) is 24.0 Å². The topological polar surface area (TPSA) is 48.1 Å². The highest BCUT2D eigenvalue weighted by Gasteiger charge is 2.02. The fraction of sp³-hybridized carbons (Fsp3) is 0.0833. The van der Waals surface area contributed by atoms with Gasteiger partial charge in [0.15, 0.2) is 0 Å². The third-order valence-electron chi connectivity index (χ3n) is 2.09. The van der Waals surface area contributed by atoms with E-state index >= 15 is 0 Å². The van der Waals surface area contributed by atoms with Gasteiger partial charge in [-0.3, -0.25) is 4.98 Å². The maximum absolute atomic E-state index is 12.9. The first-order valence-electron chi connectivity index (χ1n) is 4.82. The second kappa shape index (κ2) is 4.61. The van der Waals surface area contributed by atoms with Gasteiger partial charge in [-0.15, -0.1) is 0 Å². The van der Waals surface area contributed by atoms with Gasteiger partial charge in [0.05, 0.1) is 5.69 Å². The number of nitrogens with zero attached hydrogens (tertiary/aromatic N) is 1. The Hall–Kier alpha value is -2.10. The summed E-state index contributed by atoms with van der Waals surface area (Å²) in [4.78, 5) is 3.95. The Labute approximate surface area is 92.7 Å². The normalized spacial score (nSPS) is 10.1. The molecule has 0 atom stereocenters. The van der Waals surface area contributed by atoms with Crippen LogP contribution in [0.25, 0.3) is 0 Å². The predicted molar refractivity (Wildman–Crippen MR) is 59.4 cm³/mol. The molecule has 82 valence electrons. The number of nitrogen functional groups attached to an aromatic ring is 1. The van der Waals surface area contributed by atoms with Crippen LogP contribution in [-0.4, -0.2) is 4.98 Å². The first-order chi connectivity index (χ1) is 7.75. The van der Waals surface area contributed by atoms with Crippen LogP contribution in [0, 0.1) is 5.82 Å². The van der Waals surface area contributed by atoms with E-state index in [2.05, 4.69) is 4.98 Å². The highest BCUT2D eigenvalue weighted by Crippen LogP contribution is 2.22. The predicted octanol–water partition coefficient (Wildman–Crippen LogP) is 2.38. The van der Waals surface area contributed by atoms with Crippen molar-refractivity contribution < 1.29 is 9.13 Å². The van der Waals surface area contributed by atoms with Crippen LogP contribution in [0.15, 0.2) is 42.7 Å². The summed E-state index contributed by atoms with van der Waals surface area (Å²) in [6.07, 6.45) is 3.37. The molecule has 3 nitrogen and oxygen atoms in total. The number of benzene rings is 1. The van der Waals surface area contributed by atoms with Crippen molar-refractivity contribution in [2.45, 2.75) is 6.61 Å². The van der Waals surface area contributed by atoms with Crippen molar-refractivity contribution in [3.8, 4) is 5.75 Å². The highest BCUT2D eigenvalue weighted by molar-refractivity contribution is 5.52. The lowest BCUT2D eigenvalue weighted by molar-refractivity contribution is 0.306. The molecule has 2 rings (SSSR count). The van der Waals surface area contributed by atoms with Crippen molar-refractivity contribution in [1.29, 1.82) is 0 Å². The molecular formula is C12H11FN2O. The maximum Gasteiger partial charge on any atom is 0.145 e. The van der Waals surface area contributed by atoms with Gasteiger partial charge in [0.1, 0.15) is 18.2 Å². The van der Waals surface area contributed by atoms with Crippen LogP contribution in [0.3, 0.4) is 0 Å². The first kappa shape index (κ1) is 10.4. The van der Waals surface area contributed by atoms with Crippen LogP contribution in [0.5, 0.6) is 5.75 Å². The summed E-state index contributed by atoms with van der Waals surface area (Å²) in [5.41, 5.74) is 6.98. The zero-order chi connectivity index (χ0) is 11.4. The Morgan fingerprint density at radius 3 is 2.94 bits per heavy atom. The van der Waals surface area contributed by atoms with Crippen molar-refractivity contribution in [3.63, 3.8) is 0 Å². The summed E-state index contributed by atoms with van der Waals surface area (Å²) in [5.74, 6) is -0.0146. The second-order valence-corrected chi connectivity index (χ2v) is 3.33. The van der Waals surface area contributed by atoms with E-state index in [1.54, 1.807) is 12.4 Å². The quantitative estimate of drug-likeness (QED) is 0.804. The zero-order valence-electron chi connectivity index (χ0n) is 8.56. The number of anilines is 1. The summed E-state index contributed by atoms with van der Waals surface area (Å²) >= 11 is 0. The molecule has 2 N–H and O–H groups in total. The molecule has 0 radical (unpaired) electrons. The molecule has 0 bridgehead atoms. The Morgan fingerprint density at radius 2 is 2.19 bits per heavy atom. The molecule has 2 aromatic rings. The third kappa shape index (κ3) is 2.48. The first-order valence-corrected chi connectivity index (χ1v) is 4.82. The Balaban J connectivity index is 2.08. The molecule has 0 unspecified atom stereocenters. The molecule has 0 aliphatic heterocycles. The molecular weight excluding hydrogens is 207 g/mol. The number of aromatic nitrogens is 1. The molecule has 16 heavy (non-hydrogen) atoms. The molecule has 0 amide bonds. The van der Waals surface area contributed by atoms with Gasteiger partial charge in [-0.1, -0.05) is 6.07 Å². The molecule has 1 aromatic carbocycles. The molecule has 0 saturated carbocycles. The number of nitrogens with two attached hydrogens (primary N) is 1. The summed E-state index contributed by atoms with van der Waals surface area (Å²) in [7, 11) is 0. The van der Waals surface area contributed by atoms with E-state index in [4.69, 9.17) is 10.5 Å². The fourth-order valence-corrected chi connectivity index (χ4v) is 1.28. The molecule has 0 aliphatic carbocycles. The minimum atomic E-state index is -0.365. The van der Waals surface area contributed by atoms with E-state index in [-0.39, 0.29) is 5.82 Å². The van der Waals surface area contributed by atoms with Crippen LogP contribution in [0.4, 0.5) is 10.1 Å². The van der Waals surface area contributed by atoms with E-state index < -0.39 is 0 Å². The van der Waals surface area contributed by atoms with E-state index in [0.717, 1.165) is 5.56 Å². The molecule has 0 aliphatic rings. The molecule has 4 heteroatoms. The fourth-order valence-electron chi connectivity index (χ4n) is 1.28. The Morgan fingerprint density at radius 1 is 1.31 bits per heavy atom. The van der Waals surface area contributed by atoms with Crippen LogP contribution < -0.4 is 10.5 Å². The minimum absolute atomic E-state index is 0.321. The number of rotatable bonds is 3. The van der Waals surface area contributed by atoms with Crippen molar-refractivity contribution in [2.75, 3.05) is 5.73 Å². The van der Waals surface area contributed by atoms with Gasteiger partial charge in [0.25, 0.3) is 0 Å². The second-order valence-electron chi connectivity index (χ2n) is 3.33. The van der Waals surface area contributed by atoms with Gasteiger partial charge < -0.3 is 10.5 Å². The van der Waals surface area contributed by atoms with E-state index in [1.165, 1.54) is 18.2 Å². The van der Waals surface area contributed by atoms with Crippen LogP contribution in [0.1, 0.15) is 5.56 Å². The van der Waals surface area contributed by atoms with Crippen LogP contribution >= 0.6 is 0 Å². The highest BCUT2D eigenvalue weighted by atomic mass is 19.1. The number of hydrogen-bond acceptors (Lipinski definition) is 3. The number of halogens is 1. The summed E-state index contributed by atoms with van der Waals surface area (Å²) in [5, 5.41) is 0. The largest absolute Gasteiger partial charge is 0.487 e. The Bertz CT molecular complexity index is 474. The summed E-state index contributed by atoms with van der Waals surface area (Å²) in [6.45, 7) is 0.321. The monoisotopic (exact) mass is 218 g/mol. The van der Waals surface area contributed by atoms with Crippen LogP contribution in [0.2, 0.25) is 0 Å². The van der Waals surface area contributed by atoms with Crippen molar-refractivity contribution in [1.82, 2.24) is 4.98 Å². The lowest BCUT2D eigenvalue weighted by atomic mass is 10.3. The lowest BCUT2D eigenvalue weighted by Gasteiger charge is -2.08. The average molecular weight is 218 g/mol. The Kier molecular flexibility index (Phi) is 3.00. The SMILES string of the molecule is Nc1ccc(F)cc1OCc1cccnc1. The van der Waals surface area contributed by atoms with E-state index in [0.29, 0.717) is 18.0 Å². The number of pyridine rings is 1. The maximum atomic E-state index is 12.9. The van der Waals surface area contributed by atoms with Gasteiger partial charge >= 0.3 is 0 Å². The van der Waals surface area contributed by atoms with E-state index in [1.807, 2.05) is 12.1 Å². The molecule has 0 fully saturated rings. The average Bonchev–Trinajstić information content (AvgIpc) is 2.32.